The summed E-state index contributed by atoms with van der Waals surface area (Å²) in [4.78, 5) is 25.8. The van der Waals surface area contributed by atoms with Crippen molar-refractivity contribution in [3.8, 4) is 0 Å². The minimum atomic E-state index is -0.833. The number of amides is 1. The van der Waals surface area contributed by atoms with Gasteiger partial charge < -0.3 is 16.0 Å². The van der Waals surface area contributed by atoms with Gasteiger partial charge in [0.15, 0.2) is 0 Å². The topological polar surface area (TPSA) is 75.4 Å². The van der Waals surface area contributed by atoms with Crippen LogP contribution in [0, 0.1) is 5.82 Å². The molecule has 1 amide bonds. The van der Waals surface area contributed by atoms with Crippen molar-refractivity contribution in [3.05, 3.63) is 34.6 Å². The largest absolute Gasteiger partial charge is 0.397 e. The molecule has 0 radical (unpaired) electrons. The lowest BCUT2D eigenvalue weighted by Gasteiger charge is -2.27. The zero-order valence-electron chi connectivity index (χ0n) is 11.3. The molecular formula is C14H15BrFN3O2. The molecule has 0 bridgehead atoms. The Labute approximate surface area is 130 Å². The number of carbonyl (C=O) groups excluding carboxylic acids is 2. The molecule has 1 fully saturated rings. The Bertz CT molecular complexity index is 612. The van der Waals surface area contributed by atoms with Crippen LogP contribution in [0.2, 0.25) is 0 Å². The molecule has 0 unspecified atom stereocenters. The number of nitrogen functional groups attached to an aromatic ring is 1. The summed E-state index contributed by atoms with van der Waals surface area (Å²) in [7, 11) is 0. The number of piperazine rings is 1. The summed E-state index contributed by atoms with van der Waals surface area (Å²) in [6.45, 7) is 5.68. The van der Waals surface area contributed by atoms with E-state index in [4.69, 9.17) is 5.73 Å². The van der Waals surface area contributed by atoms with Crippen LogP contribution in [-0.2, 0) is 9.59 Å². The minimum Gasteiger partial charge on any atom is -0.397 e. The molecule has 0 spiro atoms. The molecule has 21 heavy (non-hydrogen) atoms. The summed E-state index contributed by atoms with van der Waals surface area (Å²) in [5.74, 6) is -2.19. The highest BCUT2D eigenvalue weighted by molar-refractivity contribution is 9.10. The second kappa shape index (κ2) is 6.36. The number of nitrogens with one attached hydrogen (secondary N) is 1. The van der Waals surface area contributed by atoms with Crippen molar-refractivity contribution in [2.24, 2.45) is 0 Å². The lowest BCUT2D eigenvalue weighted by Crippen LogP contribution is -2.48. The van der Waals surface area contributed by atoms with Crippen molar-refractivity contribution in [1.82, 2.24) is 10.2 Å². The van der Waals surface area contributed by atoms with E-state index < -0.39 is 17.5 Å². The second-order valence-corrected chi connectivity index (χ2v) is 5.52. The van der Waals surface area contributed by atoms with E-state index in [1.807, 2.05) is 0 Å². The molecule has 7 heteroatoms. The molecule has 1 saturated heterocycles. The van der Waals surface area contributed by atoms with Gasteiger partial charge in [-0.3, -0.25) is 9.59 Å². The highest BCUT2D eigenvalue weighted by Gasteiger charge is 2.28. The summed E-state index contributed by atoms with van der Waals surface area (Å²) in [5, 5.41) is 3.08. The fraction of sp³-hybridized carbons (Fsp3) is 0.286. The van der Waals surface area contributed by atoms with Gasteiger partial charge in [0.2, 0.25) is 0 Å². The predicted octanol–water partition coefficient (Wildman–Crippen LogP) is 1.18. The van der Waals surface area contributed by atoms with Crippen LogP contribution in [-0.4, -0.2) is 42.8 Å². The number of ketones is 1. The van der Waals surface area contributed by atoms with Crippen molar-refractivity contribution < 1.29 is 14.0 Å². The van der Waals surface area contributed by atoms with E-state index in [1.54, 1.807) is 0 Å². The quantitative estimate of drug-likeness (QED) is 0.485. The molecule has 3 N–H and O–H groups in total. The van der Waals surface area contributed by atoms with E-state index in [9.17, 15) is 14.0 Å². The van der Waals surface area contributed by atoms with E-state index >= 15 is 0 Å². The Morgan fingerprint density at radius 1 is 1.33 bits per heavy atom. The van der Waals surface area contributed by atoms with Crippen LogP contribution < -0.4 is 11.1 Å². The van der Waals surface area contributed by atoms with Gasteiger partial charge in [-0.05, 0) is 28.1 Å². The normalized spacial score (nSPS) is 14.9. The first kappa shape index (κ1) is 15.7. The van der Waals surface area contributed by atoms with Gasteiger partial charge >= 0.3 is 0 Å². The molecule has 1 aliphatic heterocycles. The summed E-state index contributed by atoms with van der Waals surface area (Å²) >= 11 is 3.16. The van der Waals surface area contributed by atoms with Crippen molar-refractivity contribution in [2.75, 3.05) is 31.9 Å². The first-order valence-electron chi connectivity index (χ1n) is 6.40. The third kappa shape index (κ3) is 3.14. The number of rotatable bonds is 3. The minimum absolute atomic E-state index is 0.0569. The molecule has 1 aliphatic rings. The van der Waals surface area contributed by atoms with Crippen LogP contribution in [0.3, 0.4) is 0 Å². The van der Waals surface area contributed by atoms with Gasteiger partial charge in [0.05, 0.1) is 5.69 Å². The number of hydrogen-bond acceptors (Lipinski definition) is 4. The number of hydrogen-bond donors (Lipinski definition) is 2. The Kier molecular flexibility index (Phi) is 4.74. The number of nitrogens with zero attached hydrogens (tertiary/aromatic N) is 1. The second-order valence-electron chi connectivity index (χ2n) is 4.67. The summed E-state index contributed by atoms with van der Waals surface area (Å²) in [6, 6.07) is 2.60. The van der Waals surface area contributed by atoms with Gasteiger partial charge in [0.1, 0.15) is 5.82 Å². The highest BCUT2D eigenvalue weighted by atomic mass is 79.9. The van der Waals surface area contributed by atoms with Crippen LogP contribution in [0.5, 0.6) is 0 Å². The number of Topliss-reactive ketones (excluding diaryl/α,β-unsaturated/α-hetero) is 1. The van der Waals surface area contributed by atoms with Crippen molar-refractivity contribution in [3.63, 3.8) is 0 Å². The number of halogens is 2. The van der Waals surface area contributed by atoms with Crippen molar-refractivity contribution in [1.29, 1.82) is 0 Å². The molecule has 112 valence electrons. The van der Waals surface area contributed by atoms with Crippen LogP contribution in [0.25, 0.3) is 5.57 Å². The lowest BCUT2D eigenvalue weighted by atomic mass is 10.00. The summed E-state index contributed by atoms with van der Waals surface area (Å²) in [6.07, 6.45) is 0. The van der Waals surface area contributed by atoms with Crippen molar-refractivity contribution in [2.45, 2.75) is 0 Å². The number of anilines is 1. The van der Waals surface area contributed by atoms with Crippen LogP contribution in [0.1, 0.15) is 5.56 Å². The maximum absolute atomic E-state index is 13.9. The molecule has 1 heterocycles. The standard InChI is InChI=1S/C14H15BrFN3O2/c1-8(11-10(16)3-2-9(15)12(11)17)13(20)14(21)19-6-4-18-5-7-19/h2-3,18H,1,4-7,17H2. The maximum Gasteiger partial charge on any atom is 0.295 e. The average molecular weight is 356 g/mol. The zero-order valence-corrected chi connectivity index (χ0v) is 12.9. The fourth-order valence-corrected chi connectivity index (χ4v) is 2.46. The zero-order chi connectivity index (χ0) is 15.6. The molecule has 1 aromatic rings. The Morgan fingerprint density at radius 3 is 2.57 bits per heavy atom. The molecule has 0 aliphatic carbocycles. The lowest BCUT2D eigenvalue weighted by molar-refractivity contribution is -0.142. The Morgan fingerprint density at radius 2 is 1.95 bits per heavy atom. The molecule has 2 rings (SSSR count). The Balaban J connectivity index is 2.25. The van der Waals surface area contributed by atoms with Gasteiger partial charge in [-0.2, -0.15) is 0 Å². The first-order valence-corrected chi connectivity index (χ1v) is 7.20. The Hall–Kier alpha value is -1.73. The van der Waals surface area contributed by atoms with Gasteiger partial charge in [-0.15, -0.1) is 0 Å². The first-order chi connectivity index (χ1) is 9.93. The molecular weight excluding hydrogens is 341 g/mol. The molecule has 0 aromatic heterocycles. The summed E-state index contributed by atoms with van der Waals surface area (Å²) < 4.78 is 14.3. The third-order valence-corrected chi connectivity index (χ3v) is 4.01. The predicted molar refractivity (Wildman–Crippen MR) is 82.0 cm³/mol. The molecule has 0 atom stereocenters. The van der Waals surface area contributed by atoms with E-state index in [0.717, 1.165) is 0 Å². The number of carbonyl (C=O) groups is 2. The van der Waals surface area contributed by atoms with E-state index in [-0.39, 0.29) is 16.8 Å². The van der Waals surface area contributed by atoms with Gasteiger partial charge in [-0.1, -0.05) is 6.58 Å². The maximum atomic E-state index is 13.9. The molecule has 1 aromatic carbocycles. The molecule has 5 nitrogen and oxygen atoms in total. The van der Waals surface area contributed by atoms with E-state index in [0.29, 0.717) is 30.7 Å². The third-order valence-electron chi connectivity index (χ3n) is 3.32. The van der Waals surface area contributed by atoms with Crippen LogP contribution in [0.4, 0.5) is 10.1 Å². The van der Waals surface area contributed by atoms with E-state index in [1.165, 1.54) is 17.0 Å². The number of nitrogens with two attached hydrogens (primary N) is 1. The monoisotopic (exact) mass is 355 g/mol. The smallest absolute Gasteiger partial charge is 0.295 e. The van der Waals surface area contributed by atoms with E-state index in [2.05, 4.69) is 27.8 Å². The van der Waals surface area contributed by atoms with Crippen LogP contribution in [0.15, 0.2) is 23.2 Å². The van der Waals surface area contributed by atoms with Gasteiger partial charge in [-0.25, -0.2) is 4.39 Å². The average Bonchev–Trinajstić information content (AvgIpc) is 2.50. The van der Waals surface area contributed by atoms with Gasteiger partial charge in [0.25, 0.3) is 11.7 Å². The summed E-state index contributed by atoms with van der Waals surface area (Å²) in [5.41, 5.74) is 5.47. The highest BCUT2D eigenvalue weighted by Crippen LogP contribution is 2.31. The fourth-order valence-electron chi connectivity index (χ4n) is 2.13. The molecule has 0 saturated carbocycles. The SMILES string of the molecule is C=C(C(=O)C(=O)N1CCNCC1)c1c(F)ccc(Br)c1N. The van der Waals surface area contributed by atoms with Crippen molar-refractivity contribution >= 4 is 38.9 Å². The number of benzene rings is 1. The van der Waals surface area contributed by atoms with Crippen LogP contribution >= 0.6 is 15.9 Å². The van der Waals surface area contributed by atoms with Gasteiger partial charge in [0, 0.05) is 41.8 Å².